The van der Waals surface area contributed by atoms with Crippen LogP contribution >= 0.6 is 0 Å². The predicted molar refractivity (Wildman–Crippen MR) is 86.1 cm³/mol. The molecule has 8 nitrogen and oxygen atoms in total. The van der Waals surface area contributed by atoms with E-state index in [0.29, 0.717) is 5.75 Å². The third-order valence-corrected chi connectivity index (χ3v) is 3.94. The maximum atomic E-state index is 12.5. The fourth-order valence-corrected chi connectivity index (χ4v) is 2.66. The summed E-state index contributed by atoms with van der Waals surface area (Å²) in [5.41, 5.74) is 0.808. The molecule has 1 aliphatic rings. The largest absolute Gasteiger partial charge is 0.497 e. The molecule has 2 rings (SSSR count). The summed E-state index contributed by atoms with van der Waals surface area (Å²) < 4.78 is 20.1. The zero-order chi connectivity index (χ0) is 18.6. The number of nitrogens with zero attached hydrogens (tertiary/aromatic N) is 1. The molecule has 0 saturated heterocycles. The van der Waals surface area contributed by atoms with E-state index in [0.717, 1.165) is 12.7 Å². The van der Waals surface area contributed by atoms with E-state index >= 15 is 0 Å². The Bertz CT molecular complexity index is 668. The number of rotatable bonds is 6. The zero-order valence-electron chi connectivity index (χ0n) is 14.5. The second kappa shape index (κ2) is 7.89. The minimum absolute atomic E-state index is 0.0518. The van der Waals surface area contributed by atoms with Gasteiger partial charge in [0.05, 0.1) is 28.4 Å². The number of benzene rings is 1. The van der Waals surface area contributed by atoms with E-state index < -0.39 is 23.9 Å². The van der Waals surface area contributed by atoms with Gasteiger partial charge in [-0.05, 0) is 17.7 Å². The zero-order valence-corrected chi connectivity index (χ0v) is 14.5. The van der Waals surface area contributed by atoms with Crippen molar-refractivity contribution < 1.29 is 33.6 Å². The Morgan fingerprint density at radius 1 is 1.08 bits per heavy atom. The molecule has 8 heteroatoms. The number of carbonyl (C=O) groups excluding carboxylic acids is 2. The van der Waals surface area contributed by atoms with E-state index in [9.17, 15) is 14.7 Å². The highest BCUT2D eigenvalue weighted by molar-refractivity contribution is 6.08. The molecule has 2 unspecified atom stereocenters. The molecule has 1 aromatic rings. The van der Waals surface area contributed by atoms with Crippen LogP contribution in [0.2, 0.25) is 0 Å². The molecule has 25 heavy (non-hydrogen) atoms. The van der Waals surface area contributed by atoms with Crippen LogP contribution in [0.3, 0.4) is 0 Å². The minimum Gasteiger partial charge on any atom is -0.497 e. The lowest BCUT2D eigenvalue weighted by Crippen LogP contribution is -2.52. The van der Waals surface area contributed by atoms with Crippen LogP contribution in [-0.4, -0.2) is 56.4 Å². The highest BCUT2D eigenvalue weighted by Gasteiger charge is 2.47. The number of hydrogen-bond acceptors (Lipinski definition) is 8. The highest BCUT2D eigenvalue weighted by atomic mass is 16.5. The number of ether oxygens (including phenoxy) is 4. The molecule has 1 N–H and O–H groups in total. The lowest BCUT2D eigenvalue weighted by Gasteiger charge is -2.38. The van der Waals surface area contributed by atoms with Gasteiger partial charge in [0, 0.05) is 6.54 Å². The first-order valence-electron chi connectivity index (χ1n) is 7.50. The molecule has 0 fully saturated rings. The predicted octanol–water partition coefficient (Wildman–Crippen LogP) is 0.649. The highest BCUT2D eigenvalue weighted by Crippen LogP contribution is 2.31. The summed E-state index contributed by atoms with van der Waals surface area (Å²) in [5.74, 6) is -2.36. The van der Waals surface area contributed by atoms with Gasteiger partial charge in [-0.1, -0.05) is 12.1 Å². The van der Waals surface area contributed by atoms with Crippen molar-refractivity contribution in [3.63, 3.8) is 0 Å². The maximum Gasteiger partial charge on any atom is 0.321 e. The van der Waals surface area contributed by atoms with Crippen LogP contribution in [0.4, 0.5) is 0 Å². The summed E-state index contributed by atoms with van der Waals surface area (Å²) in [5, 5.41) is 10.6. The van der Waals surface area contributed by atoms with E-state index in [1.54, 1.807) is 31.4 Å². The van der Waals surface area contributed by atoms with Crippen LogP contribution < -0.4 is 4.74 Å². The van der Waals surface area contributed by atoms with Gasteiger partial charge in [0.1, 0.15) is 5.75 Å². The van der Waals surface area contributed by atoms with Crippen LogP contribution in [0.1, 0.15) is 5.56 Å². The summed E-state index contributed by atoms with van der Waals surface area (Å²) in [6.07, 6.45) is -1.45. The SMILES string of the molecule is COC(=O)C1C(=O)C(OC)=C(OC)N(Cc2ccc(OC)cc2)C1O. The number of esters is 1. The smallest absolute Gasteiger partial charge is 0.321 e. The van der Waals surface area contributed by atoms with E-state index in [4.69, 9.17) is 14.2 Å². The number of methoxy groups -OCH3 is 4. The van der Waals surface area contributed by atoms with Crippen molar-refractivity contribution in [1.29, 1.82) is 0 Å². The number of Topliss-reactive ketones (excluding diaryl/α,β-unsaturated/α-hetero) is 1. The van der Waals surface area contributed by atoms with Crippen LogP contribution in [0.5, 0.6) is 5.75 Å². The average molecular weight is 351 g/mol. The minimum atomic E-state index is -1.45. The number of carbonyl (C=O) groups is 2. The molecule has 1 aromatic carbocycles. The third kappa shape index (κ3) is 3.53. The number of aliphatic hydroxyl groups excluding tert-OH is 1. The third-order valence-electron chi connectivity index (χ3n) is 3.94. The summed E-state index contributed by atoms with van der Waals surface area (Å²) >= 11 is 0. The van der Waals surface area contributed by atoms with E-state index in [1.165, 1.54) is 19.1 Å². The quantitative estimate of drug-likeness (QED) is 0.590. The van der Waals surface area contributed by atoms with Crippen molar-refractivity contribution in [1.82, 2.24) is 4.90 Å². The van der Waals surface area contributed by atoms with Gasteiger partial charge in [-0.15, -0.1) is 0 Å². The number of ketones is 1. The van der Waals surface area contributed by atoms with Gasteiger partial charge in [0.2, 0.25) is 17.4 Å². The molecule has 0 radical (unpaired) electrons. The Morgan fingerprint density at radius 2 is 1.72 bits per heavy atom. The molecule has 2 atom stereocenters. The van der Waals surface area contributed by atoms with Gasteiger partial charge < -0.3 is 29.0 Å². The van der Waals surface area contributed by atoms with Crippen LogP contribution in [-0.2, 0) is 30.3 Å². The molecular formula is C17H21NO7. The van der Waals surface area contributed by atoms with E-state index in [1.807, 2.05) is 0 Å². The topological polar surface area (TPSA) is 94.5 Å². The normalized spacial score (nSPS) is 20.4. The van der Waals surface area contributed by atoms with Gasteiger partial charge in [0.15, 0.2) is 12.1 Å². The van der Waals surface area contributed by atoms with Gasteiger partial charge in [-0.2, -0.15) is 0 Å². The van der Waals surface area contributed by atoms with Gasteiger partial charge in [-0.3, -0.25) is 9.59 Å². The first-order valence-corrected chi connectivity index (χ1v) is 7.50. The molecule has 1 heterocycles. The monoisotopic (exact) mass is 351 g/mol. The maximum absolute atomic E-state index is 12.5. The van der Waals surface area contributed by atoms with Gasteiger partial charge in [0.25, 0.3) is 0 Å². The Hall–Kier alpha value is -2.74. The summed E-state index contributed by atoms with van der Waals surface area (Å²) in [6.45, 7) is 0.183. The lowest BCUT2D eigenvalue weighted by atomic mass is 9.95. The molecule has 0 bridgehead atoms. The summed E-state index contributed by atoms with van der Waals surface area (Å²) in [7, 11) is 5.36. The molecule has 0 spiro atoms. The van der Waals surface area contributed by atoms with Gasteiger partial charge >= 0.3 is 5.97 Å². The lowest BCUT2D eigenvalue weighted by molar-refractivity contribution is -0.165. The van der Waals surface area contributed by atoms with Crippen molar-refractivity contribution in [2.24, 2.45) is 5.92 Å². The fraction of sp³-hybridized carbons (Fsp3) is 0.412. The number of allylic oxidation sites excluding steroid dienone is 1. The van der Waals surface area contributed by atoms with E-state index in [-0.39, 0.29) is 18.2 Å². The Balaban J connectivity index is 2.41. The Morgan fingerprint density at radius 3 is 2.20 bits per heavy atom. The first kappa shape index (κ1) is 18.6. The van der Waals surface area contributed by atoms with Crippen molar-refractivity contribution in [2.45, 2.75) is 12.8 Å². The van der Waals surface area contributed by atoms with Crippen molar-refractivity contribution >= 4 is 11.8 Å². The first-order chi connectivity index (χ1) is 12.0. The summed E-state index contributed by atoms with van der Waals surface area (Å²) in [4.78, 5) is 25.8. The van der Waals surface area contributed by atoms with Crippen LogP contribution in [0, 0.1) is 5.92 Å². The van der Waals surface area contributed by atoms with E-state index in [2.05, 4.69) is 4.74 Å². The fourth-order valence-electron chi connectivity index (χ4n) is 2.66. The second-order valence-corrected chi connectivity index (χ2v) is 5.30. The summed E-state index contributed by atoms with van der Waals surface area (Å²) in [6, 6.07) is 7.13. The average Bonchev–Trinajstić information content (AvgIpc) is 2.63. The molecule has 136 valence electrons. The number of aliphatic hydroxyl groups is 1. The molecule has 1 aliphatic heterocycles. The Labute approximate surface area is 145 Å². The second-order valence-electron chi connectivity index (χ2n) is 5.30. The molecule has 0 aliphatic carbocycles. The molecule has 0 saturated carbocycles. The molecular weight excluding hydrogens is 330 g/mol. The Kier molecular flexibility index (Phi) is 5.87. The standard InChI is InChI=1S/C17H21NO7/c1-22-11-7-5-10(6-8-11)9-18-15(20)12(17(21)25-4)13(19)14(23-2)16(18)24-3/h5-8,12,15,20H,9H2,1-4H3. The van der Waals surface area contributed by atoms with Crippen molar-refractivity contribution in [3.8, 4) is 5.75 Å². The number of hydrogen-bond donors (Lipinski definition) is 1. The molecule has 0 aromatic heterocycles. The van der Waals surface area contributed by atoms with Crippen molar-refractivity contribution in [3.05, 3.63) is 41.5 Å². The molecule has 0 amide bonds. The van der Waals surface area contributed by atoms with Crippen LogP contribution in [0.15, 0.2) is 35.9 Å². The van der Waals surface area contributed by atoms with Crippen molar-refractivity contribution in [2.75, 3.05) is 28.4 Å². The van der Waals surface area contributed by atoms with Gasteiger partial charge in [-0.25, -0.2) is 0 Å². The van der Waals surface area contributed by atoms with Crippen LogP contribution in [0.25, 0.3) is 0 Å².